The van der Waals surface area contributed by atoms with Crippen LogP contribution in [0.3, 0.4) is 0 Å². The van der Waals surface area contributed by atoms with Gasteiger partial charge in [0.1, 0.15) is 23.2 Å². The number of ether oxygens (including phenoxy) is 1. The summed E-state index contributed by atoms with van der Waals surface area (Å²) in [4.78, 5) is 27.6. The summed E-state index contributed by atoms with van der Waals surface area (Å²) in [6.45, 7) is 5.83. The lowest BCUT2D eigenvalue weighted by Gasteiger charge is -2.60. The number of rotatable bonds is 7. The number of alkyl halides is 1. The highest BCUT2D eigenvalue weighted by Crippen LogP contribution is 2.90. The minimum Gasteiger partial charge on any atom is -0.445 e. The van der Waals surface area contributed by atoms with Crippen molar-refractivity contribution >= 4 is 46.3 Å². The van der Waals surface area contributed by atoms with Crippen LogP contribution in [-0.2, 0) is 9.53 Å². The zero-order valence-corrected chi connectivity index (χ0v) is 27.1. The highest BCUT2D eigenvalue weighted by Gasteiger charge is 2.88. The summed E-state index contributed by atoms with van der Waals surface area (Å²) in [6.07, 6.45) is 6.89. The van der Waals surface area contributed by atoms with Crippen molar-refractivity contribution in [1.29, 1.82) is 5.41 Å². The zero-order valence-electron chi connectivity index (χ0n) is 25.5. The first-order valence-corrected chi connectivity index (χ1v) is 17.2. The van der Waals surface area contributed by atoms with E-state index in [9.17, 15) is 23.5 Å². The van der Waals surface area contributed by atoms with Crippen molar-refractivity contribution in [3.63, 3.8) is 0 Å². The van der Waals surface area contributed by atoms with Gasteiger partial charge < -0.3 is 15.3 Å². The second-order valence-corrected chi connectivity index (χ2v) is 15.6. The third kappa shape index (κ3) is 3.98. The van der Waals surface area contributed by atoms with Crippen LogP contribution in [0.2, 0.25) is 0 Å². The second-order valence-electron chi connectivity index (χ2n) is 14.0. The van der Waals surface area contributed by atoms with Crippen LogP contribution in [0, 0.1) is 45.7 Å². The van der Waals surface area contributed by atoms with Gasteiger partial charge in [0.25, 0.3) is 0 Å². The quantitative estimate of drug-likeness (QED) is 0.203. The molecule has 1 aromatic carbocycles. The first kappa shape index (κ1) is 30.8. The molecule has 2 unspecified atom stereocenters. The Labute approximate surface area is 268 Å². The first-order chi connectivity index (χ1) is 21.4. The van der Waals surface area contributed by atoms with Gasteiger partial charge in [0.2, 0.25) is 5.12 Å². The minimum atomic E-state index is -1.59. The van der Waals surface area contributed by atoms with E-state index < -0.39 is 45.0 Å². The molecule has 12 heteroatoms. The molecule has 0 amide bonds. The van der Waals surface area contributed by atoms with Crippen LogP contribution >= 0.6 is 23.3 Å². The number of aliphatic hydroxyl groups is 1. The number of aromatic nitrogens is 2. The molecule has 7 atom stereocenters. The van der Waals surface area contributed by atoms with Crippen LogP contribution in [0.15, 0.2) is 47.2 Å². The average molecular weight is 656 g/mol. The van der Waals surface area contributed by atoms with Crippen molar-refractivity contribution in [2.75, 3.05) is 6.01 Å². The molecule has 5 aliphatic carbocycles. The number of benzene rings is 1. The molecule has 45 heavy (non-hydrogen) atoms. The molecule has 7 rings (SSSR count). The maximum atomic E-state index is 13.8. The number of nitrogens with two attached hydrogens (primary N) is 1. The van der Waals surface area contributed by atoms with Gasteiger partial charge in [-0.1, -0.05) is 23.9 Å². The summed E-state index contributed by atoms with van der Waals surface area (Å²) in [5.41, 5.74) is 0.650. The Morgan fingerprint density at radius 1 is 1.27 bits per heavy atom. The van der Waals surface area contributed by atoms with Gasteiger partial charge in [-0.15, -0.1) is 5.10 Å². The van der Waals surface area contributed by atoms with E-state index in [4.69, 9.17) is 10.1 Å². The molecular weight excluding hydrogens is 619 g/mol. The molecule has 4 N–H and O–H groups in total. The zero-order chi connectivity index (χ0) is 32.0. The Kier molecular flexibility index (Phi) is 7.09. The normalized spacial score (nSPS) is 38.0. The van der Waals surface area contributed by atoms with Gasteiger partial charge >= 0.3 is 5.97 Å². The van der Waals surface area contributed by atoms with E-state index in [1.165, 1.54) is 23.9 Å². The molecule has 4 saturated carbocycles. The molecule has 4 fully saturated rings. The Bertz CT molecular complexity index is 1680. The van der Waals surface area contributed by atoms with E-state index in [2.05, 4.69) is 22.6 Å². The van der Waals surface area contributed by atoms with Gasteiger partial charge in [-0.2, -0.15) is 0 Å². The van der Waals surface area contributed by atoms with Crippen molar-refractivity contribution in [2.45, 2.75) is 77.4 Å². The predicted octanol–water partition coefficient (Wildman–Crippen LogP) is 5.55. The lowest BCUT2D eigenvalue weighted by molar-refractivity contribution is -0.513. The fourth-order valence-electron chi connectivity index (χ4n) is 10.5. The smallest absolute Gasteiger partial charge is 0.352 e. The van der Waals surface area contributed by atoms with Gasteiger partial charge in [0.15, 0.2) is 10.5 Å². The molecule has 1 aromatic heterocycles. The van der Waals surface area contributed by atoms with Crippen molar-refractivity contribution in [3.05, 3.63) is 63.6 Å². The fraction of sp³-hybridized carbons (Fsp3) is 0.545. The van der Waals surface area contributed by atoms with E-state index >= 15 is 0 Å². The molecule has 8 nitrogen and oxygen atoms in total. The summed E-state index contributed by atoms with van der Waals surface area (Å²) >= 11 is 1.44. The molecule has 238 valence electrons. The van der Waals surface area contributed by atoms with Crippen LogP contribution in [0.5, 0.6) is 0 Å². The molecule has 0 radical (unpaired) electrons. The first-order valence-electron chi connectivity index (χ1n) is 15.4. The fourth-order valence-corrected chi connectivity index (χ4v) is 11.7. The van der Waals surface area contributed by atoms with Crippen LogP contribution in [0.25, 0.3) is 0 Å². The number of carbonyl (C=O) groups excluding carboxylic acids is 2. The third-order valence-corrected chi connectivity index (χ3v) is 14.0. The molecule has 1 heterocycles. The predicted molar refractivity (Wildman–Crippen MR) is 166 cm³/mol. The number of esters is 1. The monoisotopic (exact) mass is 655 g/mol. The summed E-state index contributed by atoms with van der Waals surface area (Å²) < 4.78 is 37.3. The number of aryl methyl sites for hydroxylation is 1. The lowest BCUT2D eigenvalue weighted by Crippen LogP contribution is -2.76. The Morgan fingerprint density at radius 2 is 2.02 bits per heavy atom. The summed E-state index contributed by atoms with van der Waals surface area (Å²) in [6, 6.07) is 5.37. The van der Waals surface area contributed by atoms with Crippen molar-refractivity contribution in [2.24, 2.45) is 27.6 Å². The molecule has 0 saturated heterocycles. The second kappa shape index (κ2) is 10.4. The van der Waals surface area contributed by atoms with Gasteiger partial charge in [-0.3, -0.25) is 10.1 Å². The average Bonchev–Trinajstić information content (AvgIpc) is 3.42. The number of halogens is 2. The number of nitrogens with zero attached hydrogens (tertiary/aromatic N) is 2. The number of hydrogen-bond acceptors (Lipinski definition) is 9. The lowest BCUT2D eigenvalue weighted by atomic mass is 9.45. The number of nitrogens with one attached hydrogen (secondary N) is 1. The number of aliphatic hydroxyl groups excluding tert-OH is 1. The molecule has 2 aromatic rings. The Balaban J connectivity index is 1.25. The van der Waals surface area contributed by atoms with E-state index in [1.807, 2.05) is 12.2 Å². The van der Waals surface area contributed by atoms with Gasteiger partial charge in [-0.05, 0) is 105 Å². The highest BCUT2D eigenvalue weighted by atomic mass is 32.2. The molecule has 0 bridgehead atoms. The third-order valence-electron chi connectivity index (χ3n) is 12.5. The van der Waals surface area contributed by atoms with E-state index in [1.54, 1.807) is 19.1 Å². The molecule has 0 spiro atoms. The Morgan fingerprint density at radius 3 is 2.69 bits per heavy atom. The van der Waals surface area contributed by atoms with Gasteiger partial charge in [0.05, 0.1) is 11.8 Å². The molecule has 5 aliphatic rings. The number of thioether (sulfide) groups is 1. The number of quaternary nitrogens is 1. The van der Waals surface area contributed by atoms with E-state index in [0.29, 0.717) is 30.3 Å². The minimum absolute atomic E-state index is 0.0241. The van der Waals surface area contributed by atoms with Crippen molar-refractivity contribution in [3.8, 4) is 0 Å². The van der Waals surface area contributed by atoms with Crippen LogP contribution in [-0.4, -0.2) is 49.7 Å². The van der Waals surface area contributed by atoms with E-state index in [-0.39, 0.29) is 34.9 Å². The largest absolute Gasteiger partial charge is 0.445 e. The summed E-state index contributed by atoms with van der Waals surface area (Å²) in [5.74, 6) is -1.01. The summed E-state index contributed by atoms with van der Waals surface area (Å²) in [7, 11) is 0. The topological polar surface area (TPSA) is 130 Å². The van der Waals surface area contributed by atoms with Crippen LogP contribution in [0.4, 0.5) is 14.5 Å². The van der Waals surface area contributed by atoms with Gasteiger partial charge in [-0.25, -0.2) is 13.6 Å². The van der Waals surface area contributed by atoms with Crippen molar-refractivity contribution in [1.82, 2.24) is 9.59 Å². The number of carbonyl (C=O) groups is 2. The molecular formula is C33H37F2N4O4S2+. The van der Waals surface area contributed by atoms with Crippen LogP contribution in [0.1, 0.15) is 74.2 Å². The van der Waals surface area contributed by atoms with Crippen molar-refractivity contribution < 1.29 is 33.5 Å². The SMILES string of the molecule is Cc1nnsc1C(=O)O[C@]1(C(=O)SCF)CCC2[C@]34CCC5=CC([NH2+]c6ccc(F)cc6)=C(C=N)C[C@]5(C)C3(C4)[C@@H](O)C[C@@]21C. The highest BCUT2D eigenvalue weighted by molar-refractivity contribution is 8.13. The Hall–Kier alpha value is -2.80. The van der Waals surface area contributed by atoms with E-state index in [0.717, 1.165) is 47.8 Å². The maximum absolute atomic E-state index is 13.8. The van der Waals surface area contributed by atoms with Gasteiger partial charge in [0, 0.05) is 40.2 Å². The summed E-state index contributed by atoms with van der Waals surface area (Å²) in [5, 5.41) is 26.0. The van der Waals surface area contributed by atoms with Crippen LogP contribution < -0.4 is 5.32 Å². The standard InChI is InChI=1S/C33H36F2N4O4S2/c1-18-26(45-39-38-18)27(41)43-33(28(42)44-17-34)11-9-24-30(33,3)14-25(40)32-16-31(24,32)10-8-20-12-23(19(15-36)13-29(20,32)2)37-22-6-4-21(35)5-7-22/h4-7,12,15,24-25,36-37,40H,8-11,13-14,16-17H2,1-3H3/p+1/t24?,25-,29-,30-,31+,32?,33-/m0/s1. The number of allylic oxidation sites excluding steroid dienone is 3. The number of fused-ring (bicyclic) bond motifs is 2. The number of hydrogen-bond donors (Lipinski definition) is 3. The maximum Gasteiger partial charge on any atom is 0.352 e. The molecule has 0 aliphatic heterocycles.